The fourth-order valence-corrected chi connectivity index (χ4v) is 7.09. The largest absolute Gasteiger partial charge is 0.404 e. The van der Waals surface area contributed by atoms with Crippen molar-refractivity contribution in [2.75, 3.05) is 39.8 Å². The number of hydrogen-bond acceptors (Lipinski definition) is 4. The van der Waals surface area contributed by atoms with Crippen LogP contribution in [0.15, 0.2) is 50.6 Å². The van der Waals surface area contributed by atoms with Crippen molar-refractivity contribution < 1.29 is 4.79 Å². The zero-order chi connectivity index (χ0) is 28.1. The minimum atomic E-state index is 0.602. The average molecular weight is 652 g/mol. The molecule has 2 aliphatic heterocycles. The third-order valence-corrected chi connectivity index (χ3v) is 9.16. The van der Waals surface area contributed by atoms with E-state index in [0.29, 0.717) is 5.92 Å². The summed E-state index contributed by atoms with van der Waals surface area (Å²) in [4.78, 5) is 15.0. The van der Waals surface area contributed by atoms with Crippen molar-refractivity contribution in [1.82, 2.24) is 9.80 Å². The number of nitrogens with two attached hydrogens (primary N) is 1. The van der Waals surface area contributed by atoms with Crippen molar-refractivity contribution in [2.45, 2.75) is 78.6 Å². The normalized spacial score (nSPS) is 22.4. The number of allylic oxidation sites excluding steroid dienone is 4. The highest BCUT2D eigenvalue weighted by molar-refractivity contribution is 9.12. The van der Waals surface area contributed by atoms with E-state index in [9.17, 15) is 4.79 Å². The Labute approximate surface area is 249 Å². The molecule has 1 atom stereocenters. The Balaban J connectivity index is 0.000000327. The maximum absolute atomic E-state index is 10.1. The van der Waals surface area contributed by atoms with Crippen LogP contribution in [0.2, 0.25) is 0 Å². The first-order chi connectivity index (χ1) is 18.3. The summed E-state index contributed by atoms with van der Waals surface area (Å²) in [7, 11) is 2.24. The molecule has 0 amide bonds. The molecular weight excluding hydrogens is 602 g/mol. The predicted octanol–water partition coefficient (Wildman–Crippen LogP) is 7.89. The number of benzene rings is 1. The highest BCUT2D eigenvalue weighted by Gasteiger charge is 2.32. The van der Waals surface area contributed by atoms with Crippen LogP contribution in [0.5, 0.6) is 0 Å². The number of carbonyl (C=O) groups excluding carboxylic acids is 1. The maximum atomic E-state index is 10.1. The van der Waals surface area contributed by atoms with Gasteiger partial charge in [-0.3, -0.25) is 4.79 Å². The summed E-state index contributed by atoms with van der Waals surface area (Å²) in [6, 6.07) is 4.70. The van der Waals surface area contributed by atoms with Crippen LogP contribution in [-0.4, -0.2) is 55.9 Å². The van der Waals surface area contributed by atoms with Crippen LogP contribution < -0.4 is 5.73 Å². The molecule has 6 heteroatoms. The van der Waals surface area contributed by atoms with Gasteiger partial charge in [-0.15, -0.1) is 0 Å². The van der Waals surface area contributed by atoms with Gasteiger partial charge in [0, 0.05) is 28.2 Å². The van der Waals surface area contributed by atoms with E-state index < -0.39 is 0 Å². The molecule has 38 heavy (non-hydrogen) atoms. The number of carbonyl (C=O) groups is 1. The van der Waals surface area contributed by atoms with Gasteiger partial charge in [-0.2, -0.15) is 0 Å². The summed E-state index contributed by atoms with van der Waals surface area (Å²) >= 11 is 7.47. The van der Waals surface area contributed by atoms with Gasteiger partial charge >= 0.3 is 0 Å². The lowest BCUT2D eigenvalue weighted by Gasteiger charge is -2.35. The standard InChI is InChI=1S/C21H28Br2N2.C9H15NO.C2H6/c1-14-9-17-4-3-15(11-18(22)13-24)12-19(21(17)20(23)10-14)16-5-7-25(2)8-6-16;1-2-10-6-3-9(4-7-10)5-8-11;1-2/h9-11,13,16,19H,3-8,12,24H2,1-2H3;5,8H,2-4,6-7H2,1H3;1-2H3/b15-11-,18-13+;;. The Morgan fingerprint density at radius 2 is 1.71 bits per heavy atom. The average Bonchev–Trinajstić information content (AvgIpc) is 3.11. The Morgan fingerprint density at radius 3 is 2.29 bits per heavy atom. The fourth-order valence-electron chi connectivity index (χ4n) is 5.86. The molecule has 212 valence electrons. The highest BCUT2D eigenvalue weighted by Crippen LogP contribution is 2.45. The summed E-state index contributed by atoms with van der Waals surface area (Å²) in [5, 5.41) is 0. The molecule has 2 saturated heterocycles. The molecule has 0 spiro atoms. The molecule has 1 aliphatic carbocycles. The third-order valence-electron chi connectivity index (χ3n) is 8.01. The van der Waals surface area contributed by atoms with E-state index in [1.165, 1.54) is 52.7 Å². The minimum absolute atomic E-state index is 0.602. The number of likely N-dealkylation sites (tertiary alicyclic amines) is 2. The lowest BCUT2D eigenvalue weighted by molar-refractivity contribution is -0.104. The first-order valence-electron chi connectivity index (χ1n) is 14.4. The van der Waals surface area contributed by atoms with Gasteiger partial charge < -0.3 is 15.5 Å². The van der Waals surface area contributed by atoms with E-state index in [1.807, 2.05) is 13.8 Å². The molecule has 1 unspecified atom stereocenters. The van der Waals surface area contributed by atoms with E-state index in [0.717, 1.165) is 68.4 Å². The van der Waals surface area contributed by atoms with E-state index in [-0.39, 0.29) is 0 Å². The summed E-state index contributed by atoms with van der Waals surface area (Å²) in [5.41, 5.74) is 13.0. The van der Waals surface area contributed by atoms with Crippen LogP contribution in [0.3, 0.4) is 0 Å². The molecule has 1 aromatic rings. The zero-order valence-corrected chi connectivity index (χ0v) is 27.4. The highest BCUT2D eigenvalue weighted by atomic mass is 79.9. The summed E-state index contributed by atoms with van der Waals surface area (Å²) < 4.78 is 2.30. The molecular formula is C32H49Br2N3O. The van der Waals surface area contributed by atoms with Gasteiger partial charge in [0.2, 0.25) is 0 Å². The second-order valence-corrected chi connectivity index (χ2v) is 12.3. The number of aryl methyl sites for hydroxylation is 2. The number of nitrogens with zero attached hydrogens (tertiary/aromatic N) is 2. The van der Waals surface area contributed by atoms with Crippen LogP contribution in [0.4, 0.5) is 0 Å². The summed E-state index contributed by atoms with van der Waals surface area (Å²) in [5.74, 6) is 1.36. The molecule has 2 N–H and O–H groups in total. The van der Waals surface area contributed by atoms with Crippen LogP contribution in [-0.2, 0) is 11.2 Å². The maximum Gasteiger partial charge on any atom is 0.142 e. The molecule has 4 rings (SSSR count). The summed E-state index contributed by atoms with van der Waals surface area (Å²) in [6.07, 6.45) is 14.6. The second-order valence-electron chi connectivity index (χ2n) is 10.5. The van der Waals surface area contributed by atoms with E-state index in [1.54, 1.807) is 17.8 Å². The second kappa shape index (κ2) is 17.5. The topological polar surface area (TPSA) is 49.6 Å². The number of hydrogen-bond donors (Lipinski definition) is 1. The zero-order valence-electron chi connectivity index (χ0n) is 24.2. The molecule has 2 heterocycles. The number of rotatable bonds is 4. The molecule has 0 radical (unpaired) electrons. The number of fused-ring (bicyclic) bond motifs is 1. The lowest BCUT2D eigenvalue weighted by Crippen LogP contribution is -2.33. The molecule has 3 aliphatic rings. The van der Waals surface area contributed by atoms with Crippen molar-refractivity contribution in [1.29, 1.82) is 0 Å². The van der Waals surface area contributed by atoms with Gasteiger partial charge in [0.15, 0.2) is 0 Å². The van der Waals surface area contributed by atoms with Crippen LogP contribution in [0.25, 0.3) is 0 Å². The van der Waals surface area contributed by atoms with Crippen molar-refractivity contribution in [3.8, 4) is 0 Å². The minimum Gasteiger partial charge on any atom is -0.404 e. The van der Waals surface area contributed by atoms with Crippen LogP contribution in [0.1, 0.15) is 81.9 Å². The van der Waals surface area contributed by atoms with Crippen LogP contribution in [0, 0.1) is 12.8 Å². The Bertz CT molecular complexity index is 967. The molecule has 2 fully saturated rings. The Hall–Kier alpha value is -1.21. The van der Waals surface area contributed by atoms with E-state index in [2.05, 4.69) is 80.8 Å². The van der Waals surface area contributed by atoms with Gasteiger partial charge in [0.25, 0.3) is 0 Å². The SMILES string of the molecule is CC.CCN1CCC(=CC=O)CC1.Cc1cc(Br)c2c(c1)CC/C(=C/C(Br)=C\N)CC2C1CCN(C)CC1. The van der Waals surface area contributed by atoms with E-state index in [4.69, 9.17) is 5.73 Å². The molecule has 0 saturated carbocycles. The van der Waals surface area contributed by atoms with Crippen molar-refractivity contribution in [3.63, 3.8) is 0 Å². The van der Waals surface area contributed by atoms with E-state index >= 15 is 0 Å². The Morgan fingerprint density at radius 1 is 1.05 bits per heavy atom. The first-order valence-corrected chi connectivity index (χ1v) is 16.0. The number of aldehydes is 1. The molecule has 0 bridgehead atoms. The lowest BCUT2D eigenvalue weighted by atomic mass is 9.76. The fraction of sp³-hybridized carbons (Fsp3) is 0.594. The smallest absolute Gasteiger partial charge is 0.142 e. The van der Waals surface area contributed by atoms with Gasteiger partial charge in [0.05, 0.1) is 0 Å². The number of piperidine rings is 2. The summed E-state index contributed by atoms with van der Waals surface area (Å²) in [6.45, 7) is 14.2. The number of halogens is 2. The van der Waals surface area contributed by atoms with Gasteiger partial charge in [-0.25, -0.2) is 0 Å². The first kappa shape index (κ1) is 33.0. The van der Waals surface area contributed by atoms with Crippen molar-refractivity contribution in [2.24, 2.45) is 11.7 Å². The van der Waals surface area contributed by atoms with Crippen molar-refractivity contribution in [3.05, 3.63) is 67.3 Å². The molecule has 0 aromatic heterocycles. The van der Waals surface area contributed by atoms with Crippen LogP contribution >= 0.6 is 31.9 Å². The predicted molar refractivity (Wildman–Crippen MR) is 171 cm³/mol. The molecule has 1 aromatic carbocycles. The monoisotopic (exact) mass is 649 g/mol. The van der Waals surface area contributed by atoms with Gasteiger partial charge in [-0.05, 0) is 141 Å². The third kappa shape index (κ3) is 10.1. The Kier molecular flexibility index (Phi) is 15.2. The van der Waals surface area contributed by atoms with Gasteiger partial charge in [0.1, 0.15) is 6.29 Å². The van der Waals surface area contributed by atoms with Gasteiger partial charge in [-0.1, -0.05) is 53.9 Å². The molecule has 4 nitrogen and oxygen atoms in total. The quantitative estimate of drug-likeness (QED) is 0.205. The van der Waals surface area contributed by atoms with Crippen molar-refractivity contribution >= 4 is 38.1 Å².